The first-order valence-corrected chi connectivity index (χ1v) is 29.2. The average molecular weight is 1130 g/mol. The fourth-order valence-electron chi connectivity index (χ4n) is 11.8. The summed E-state index contributed by atoms with van der Waals surface area (Å²) < 4.78 is 88.7. The molecule has 74 heavy (non-hydrogen) atoms. The van der Waals surface area contributed by atoms with Crippen molar-refractivity contribution in [1.82, 2.24) is 0 Å². The van der Waals surface area contributed by atoms with Crippen molar-refractivity contribution in [3.05, 3.63) is 196 Å². The van der Waals surface area contributed by atoms with Crippen LogP contribution < -0.4 is 24.8 Å². The summed E-state index contributed by atoms with van der Waals surface area (Å²) >= 11 is -3.92. The topological polar surface area (TPSA) is 0 Å². The Balaban J connectivity index is 0.00000446. The van der Waals surface area contributed by atoms with Crippen molar-refractivity contribution in [2.24, 2.45) is 11.3 Å². The summed E-state index contributed by atoms with van der Waals surface area (Å²) in [5.41, 5.74) is 19.0. The van der Waals surface area contributed by atoms with E-state index in [0.29, 0.717) is 11.1 Å². The molecular formula is C65H70Cl2F6Zr. The van der Waals surface area contributed by atoms with Crippen LogP contribution in [0.4, 0.5) is 26.3 Å². The average Bonchev–Trinajstić information content (AvgIpc) is 3.82. The molecule has 390 valence electrons. The van der Waals surface area contributed by atoms with Crippen LogP contribution in [0, 0.1) is 52.9 Å². The molecule has 1 atom stereocenters. The van der Waals surface area contributed by atoms with E-state index < -0.39 is 44.7 Å². The molecule has 6 aromatic carbocycles. The molecule has 0 saturated heterocycles. The second-order valence-corrected chi connectivity index (χ2v) is 30.0. The number of benzene rings is 6. The number of halogens is 8. The number of rotatable bonds is 7. The minimum atomic E-state index is -4.58. The van der Waals surface area contributed by atoms with E-state index in [9.17, 15) is 26.3 Å². The van der Waals surface area contributed by atoms with Gasteiger partial charge in [-0.15, -0.1) is 0 Å². The Morgan fingerprint density at radius 2 is 0.824 bits per heavy atom. The van der Waals surface area contributed by atoms with Crippen LogP contribution in [0.25, 0.3) is 33.4 Å². The largest absolute Gasteiger partial charge is 1.00 e. The van der Waals surface area contributed by atoms with Gasteiger partial charge in [-0.3, -0.25) is 0 Å². The number of fused-ring (bicyclic) bond motifs is 3. The van der Waals surface area contributed by atoms with E-state index in [-0.39, 0.29) is 50.6 Å². The van der Waals surface area contributed by atoms with Gasteiger partial charge in [0.2, 0.25) is 0 Å². The molecule has 2 aliphatic carbocycles. The molecule has 0 aliphatic heterocycles. The molecule has 0 heterocycles. The molecule has 0 spiro atoms. The van der Waals surface area contributed by atoms with Crippen LogP contribution in [-0.4, -0.2) is 3.21 Å². The van der Waals surface area contributed by atoms with Gasteiger partial charge in [0.1, 0.15) is 0 Å². The Bertz CT molecular complexity index is 3000. The summed E-state index contributed by atoms with van der Waals surface area (Å²) in [6.45, 7) is 35.5. The van der Waals surface area contributed by atoms with Gasteiger partial charge < -0.3 is 24.8 Å². The van der Waals surface area contributed by atoms with E-state index in [1.807, 2.05) is 0 Å². The molecule has 0 fully saturated rings. The molecule has 0 N–H and O–H groups in total. The maximum Gasteiger partial charge on any atom is -1.00 e. The molecule has 0 bridgehead atoms. The molecule has 1 unspecified atom stereocenters. The van der Waals surface area contributed by atoms with E-state index >= 15 is 0 Å². The Morgan fingerprint density at radius 1 is 0.473 bits per heavy atom. The van der Waals surface area contributed by atoms with E-state index in [1.54, 1.807) is 24.3 Å². The minimum Gasteiger partial charge on any atom is -1.00 e. The van der Waals surface area contributed by atoms with Crippen LogP contribution in [0.2, 0.25) is 0 Å². The number of alkyl halides is 6. The Hall–Kier alpha value is -4.29. The molecule has 2 aliphatic rings. The van der Waals surface area contributed by atoms with Crippen molar-refractivity contribution in [3.8, 4) is 33.4 Å². The third kappa shape index (κ3) is 11.2. The monoisotopic (exact) mass is 1120 g/mol. The standard InChI is InChI=1S/C39H45.C15H8F6.C11H17.2ClH.Zr/c1-22-13-24(3)36(25(4)14-22)32-18-28-17-29-19-33(37-26(5)15-23(2)16-27(37)6)35(39(10,11)12)21-31(29)30(28)20-34(32)38(7,8)9;16-14(17,18)12-5-1-10(2-6-12)9-11-3-7-13(8-4-11)15(19,20)21;1-5-9-6-7-10(8-9)11(2,3)4;;;/h13-21H,1-12H3;1-8H;7-9H,5H2,1-4H3;2*1H;/q;;;;;+2/p-2. The summed E-state index contributed by atoms with van der Waals surface area (Å²) in [7, 11) is 0. The zero-order valence-corrected chi connectivity index (χ0v) is 49.7. The predicted molar refractivity (Wildman–Crippen MR) is 286 cm³/mol. The number of hydrogen-bond acceptors (Lipinski definition) is 0. The Kier molecular flexibility index (Phi) is 16.7. The summed E-state index contributed by atoms with van der Waals surface area (Å²) in [6.07, 6.45) is -3.57. The number of aryl methyl sites for hydroxylation is 6. The molecule has 0 radical (unpaired) electrons. The van der Waals surface area contributed by atoms with Gasteiger partial charge >= 0.3 is 435 Å². The maximum atomic E-state index is 14.5. The fourth-order valence-corrected chi connectivity index (χ4v) is 21.6. The first-order valence-electron chi connectivity index (χ1n) is 25.4. The van der Waals surface area contributed by atoms with Crippen LogP contribution in [0.3, 0.4) is 0 Å². The zero-order chi connectivity index (χ0) is 52.9. The van der Waals surface area contributed by atoms with Crippen LogP contribution in [0.5, 0.6) is 0 Å². The summed E-state index contributed by atoms with van der Waals surface area (Å²) in [5.74, 6) is 0.0184. The second kappa shape index (κ2) is 20.9. The van der Waals surface area contributed by atoms with E-state index in [0.717, 1.165) is 56.1 Å². The van der Waals surface area contributed by atoms with E-state index in [2.05, 4.69) is 171 Å². The fraction of sp³-hybridized carbons (Fsp3) is 0.369. The van der Waals surface area contributed by atoms with Crippen molar-refractivity contribution >= 4 is 3.21 Å². The molecule has 0 aromatic heterocycles. The Labute approximate surface area is 457 Å². The van der Waals surface area contributed by atoms with Gasteiger partial charge in [-0.1, -0.05) is 0 Å². The molecule has 0 amide bonds. The van der Waals surface area contributed by atoms with Gasteiger partial charge in [-0.25, -0.2) is 0 Å². The summed E-state index contributed by atoms with van der Waals surface area (Å²) in [6, 6.07) is 29.6. The summed E-state index contributed by atoms with van der Waals surface area (Å²) in [4.78, 5) is 0. The van der Waals surface area contributed by atoms with E-state index in [1.165, 1.54) is 75.6 Å². The van der Waals surface area contributed by atoms with Gasteiger partial charge in [0.05, 0.1) is 0 Å². The van der Waals surface area contributed by atoms with Gasteiger partial charge in [-0.05, 0) is 0 Å². The van der Waals surface area contributed by atoms with Crippen molar-refractivity contribution < 1.29 is 72.4 Å². The van der Waals surface area contributed by atoms with Gasteiger partial charge in [0, 0.05) is 0 Å². The Morgan fingerprint density at radius 3 is 1.12 bits per heavy atom. The number of allylic oxidation sites excluding steroid dienone is 4. The van der Waals surface area contributed by atoms with Crippen LogP contribution >= 0.6 is 0 Å². The smallest absolute Gasteiger partial charge is 1.00 e. The molecule has 0 nitrogen and oxygen atoms in total. The van der Waals surface area contributed by atoms with Gasteiger partial charge in [0.25, 0.3) is 0 Å². The quantitative estimate of drug-likeness (QED) is 0.140. The second-order valence-electron chi connectivity index (χ2n) is 23.9. The van der Waals surface area contributed by atoms with Gasteiger partial charge in [-0.2, -0.15) is 0 Å². The third-order valence-electron chi connectivity index (χ3n) is 15.1. The molecule has 9 heteroatoms. The van der Waals surface area contributed by atoms with Crippen molar-refractivity contribution in [3.63, 3.8) is 0 Å². The predicted octanol–water partition coefficient (Wildman–Crippen LogP) is 13.4. The normalized spacial score (nSPS) is 14.9. The van der Waals surface area contributed by atoms with Crippen LogP contribution in [0.1, 0.15) is 157 Å². The molecule has 0 saturated carbocycles. The SMILES string of the molecule is CCC1C=C(C(C)(C)C)C=[C]1[Zr+2](=[C](c1ccc(C(F)(F)F)cc1)c1ccc(C(F)(F)F)cc1)[CH]1c2cc(-c3c(C)cc(C)cc3C)c(C(C)(C)C)cc2-c2cc(C(C)(C)C)c(-c3c(C)cc(C)cc3C)cc21.[Cl-].[Cl-]. The van der Waals surface area contributed by atoms with Crippen molar-refractivity contribution in [2.45, 2.75) is 144 Å². The van der Waals surface area contributed by atoms with Crippen molar-refractivity contribution in [2.75, 3.05) is 0 Å². The van der Waals surface area contributed by atoms with E-state index in [4.69, 9.17) is 0 Å². The molecule has 8 rings (SSSR count). The minimum absolute atomic E-state index is 0. The first-order chi connectivity index (χ1) is 33.3. The third-order valence-corrected chi connectivity index (χ3v) is 23.6. The zero-order valence-electron chi connectivity index (χ0n) is 45.8. The van der Waals surface area contributed by atoms with Gasteiger partial charge in [0.15, 0.2) is 0 Å². The first kappa shape index (κ1) is 59.0. The maximum absolute atomic E-state index is 14.5. The van der Waals surface area contributed by atoms with Crippen LogP contribution in [-0.2, 0) is 44.4 Å². The molecule has 6 aromatic rings. The number of hydrogen-bond donors (Lipinski definition) is 0. The van der Waals surface area contributed by atoms with Crippen molar-refractivity contribution in [1.29, 1.82) is 0 Å². The van der Waals surface area contributed by atoms with Crippen LogP contribution in [0.15, 0.2) is 118 Å². The molecular weight excluding hydrogens is 1060 g/mol. The summed E-state index contributed by atoms with van der Waals surface area (Å²) in [5, 5.41) is 0.